The predicted octanol–water partition coefficient (Wildman–Crippen LogP) is 2.66. The van der Waals surface area contributed by atoms with Crippen molar-refractivity contribution in [3.8, 4) is 0 Å². The van der Waals surface area contributed by atoms with Gasteiger partial charge in [-0.2, -0.15) is 28.1 Å². The highest BCUT2D eigenvalue weighted by atomic mass is 35.5. The molecule has 1 heterocycles. The molecule has 0 radical (unpaired) electrons. The number of alkyl halides is 4. The van der Waals surface area contributed by atoms with Gasteiger partial charge in [-0.25, -0.2) is 4.39 Å². The molecule has 0 saturated carbocycles. The van der Waals surface area contributed by atoms with E-state index in [1.807, 2.05) is 5.32 Å². The molecular weight excluding hydrogens is 290 g/mol. The quantitative estimate of drug-likeness (QED) is 0.819. The van der Waals surface area contributed by atoms with Crippen LogP contribution in [0.15, 0.2) is 0 Å². The molecule has 0 aromatic carbocycles. The highest BCUT2D eigenvalue weighted by Gasteiger charge is 2.36. The number of nitrogens with one attached hydrogen (secondary N) is 2. The fourth-order valence-electron chi connectivity index (χ4n) is 1.01. The molecule has 0 aliphatic carbocycles. The lowest BCUT2D eigenvalue weighted by molar-refractivity contribution is -0.138. The standard InChI is InChI=1S/C9H12ClF4N5/c1-4(3-11)15-7-17-6(10)18-8(19-7)16-5(2)9(12,13)14/h4-5H,3H2,1-2H3,(H2,15,16,17,18,19)/t4?,5-/m1/s1. The maximum Gasteiger partial charge on any atom is 0.408 e. The Bertz CT molecular complexity index is 428. The van der Waals surface area contributed by atoms with Gasteiger partial charge in [0, 0.05) is 0 Å². The summed E-state index contributed by atoms with van der Waals surface area (Å²) in [6.45, 7) is 1.74. The minimum Gasteiger partial charge on any atom is -0.349 e. The molecule has 5 nitrogen and oxygen atoms in total. The number of nitrogens with zero attached hydrogens (tertiary/aromatic N) is 3. The minimum absolute atomic E-state index is 0.0953. The fraction of sp³-hybridized carbons (Fsp3) is 0.667. The predicted molar refractivity (Wildman–Crippen MR) is 63.0 cm³/mol. The van der Waals surface area contributed by atoms with Crippen molar-refractivity contribution >= 4 is 23.5 Å². The van der Waals surface area contributed by atoms with E-state index in [1.54, 1.807) is 0 Å². The van der Waals surface area contributed by atoms with Gasteiger partial charge in [-0.15, -0.1) is 0 Å². The van der Waals surface area contributed by atoms with E-state index >= 15 is 0 Å². The lowest BCUT2D eigenvalue weighted by Crippen LogP contribution is -2.34. The Morgan fingerprint density at radius 3 is 2.11 bits per heavy atom. The lowest BCUT2D eigenvalue weighted by Gasteiger charge is -2.17. The smallest absolute Gasteiger partial charge is 0.349 e. The molecule has 108 valence electrons. The van der Waals surface area contributed by atoms with Crippen molar-refractivity contribution < 1.29 is 17.6 Å². The molecular formula is C9H12ClF4N5. The molecule has 1 aromatic heterocycles. The Morgan fingerprint density at radius 1 is 1.11 bits per heavy atom. The van der Waals surface area contributed by atoms with Gasteiger partial charge < -0.3 is 10.6 Å². The van der Waals surface area contributed by atoms with Crippen molar-refractivity contribution in [2.45, 2.75) is 32.1 Å². The average molecular weight is 302 g/mol. The van der Waals surface area contributed by atoms with Gasteiger partial charge in [0.15, 0.2) is 0 Å². The summed E-state index contributed by atoms with van der Waals surface area (Å²) in [5, 5.41) is 4.30. The second-order valence-electron chi connectivity index (χ2n) is 3.86. The zero-order chi connectivity index (χ0) is 14.6. The van der Waals surface area contributed by atoms with Gasteiger partial charge in [0.25, 0.3) is 0 Å². The van der Waals surface area contributed by atoms with Crippen LogP contribution in [-0.4, -0.2) is 39.9 Å². The molecule has 0 aliphatic heterocycles. The third kappa shape index (κ3) is 5.01. The summed E-state index contributed by atoms with van der Waals surface area (Å²) < 4.78 is 49.4. The van der Waals surface area contributed by atoms with Crippen molar-refractivity contribution in [3.05, 3.63) is 5.28 Å². The molecule has 2 atom stereocenters. The molecule has 2 N–H and O–H groups in total. The van der Waals surface area contributed by atoms with Crippen molar-refractivity contribution in [1.29, 1.82) is 0 Å². The maximum atomic E-state index is 12.4. The number of hydrogen-bond acceptors (Lipinski definition) is 5. The third-order valence-corrected chi connectivity index (χ3v) is 2.22. The molecule has 19 heavy (non-hydrogen) atoms. The molecule has 1 rings (SSSR count). The number of anilines is 2. The second-order valence-corrected chi connectivity index (χ2v) is 4.20. The van der Waals surface area contributed by atoms with E-state index in [0.717, 1.165) is 6.92 Å². The van der Waals surface area contributed by atoms with Crippen LogP contribution in [0.3, 0.4) is 0 Å². The van der Waals surface area contributed by atoms with E-state index in [4.69, 9.17) is 11.6 Å². The Hall–Kier alpha value is -1.38. The number of hydrogen-bond donors (Lipinski definition) is 2. The molecule has 0 fully saturated rings. The van der Waals surface area contributed by atoms with Crippen LogP contribution in [0.5, 0.6) is 0 Å². The second kappa shape index (κ2) is 6.18. The number of rotatable bonds is 5. The normalized spacial score (nSPS) is 14.9. The van der Waals surface area contributed by atoms with E-state index in [-0.39, 0.29) is 17.2 Å². The number of aromatic nitrogens is 3. The monoisotopic (exact) mass is 301 g/mol. The van der Waals surface area contributed by atoms with Crippen molar-refractivity contribution in [3.63, 3.8) is 0 Å². The van der Waals surface area contributed by atoms with E-state index in [0.29, 0.717) is 0 Å². The lowest BCUT2D eigenvalue weighted by atomic mass is 10.3. The Labute approximate surface area is 111 Å². The molecule has 1 unspecified atom stereocenters. The zero-order valence-electron chi connectivity index (χ0n) is 10.1. The first-order chi connectivity index (χ1) is 8.72. The summed E-state index contributed by atoms with van der Waals surface area (Å²) in [6, 6.07) is -2.44. The summed E-state index contributed by atoms with van der Waals surface area (Å²) in [4.78, 5) is 10.8. The largest absolute Gasteiger partial charge is 0.408 e. The topological polar surface area (TPSA) is 62.7 Å². The summed E-state index contributed by atoms with van der Waals surface area (Å²) in [5.41, 5.74) is 0. The van der Waals surface area contributed by atoms with Crippen LogP contribution in [0, 0.1) is 0 Å². The van der Waals surface area contributed by atoms with E-state index in [9.17, 15) is 17.6 Å². The Morgan fingerprint density at radius 2 is 1.63 bits per heavy atom. The van der Waals surface area contributed by atoms with Crippen LogP contribution >= 0.6 is 11.6 Å². The molecule has 0 bridgehead atoms. The molecule has 1 aromatic rings. The van der Waals surface area contributed by atoms with Crippen molar-refractivity contribution in [1.82, 2.24) is 15.0 Å². The Balaban J connectivity index is 2.85. The van der Waals surface area contributed by atoms with Gasteiger partial charge >= 0.3 is 6.18 Å². The van der Waals surface area contributed by atoms with Crippen LogP contribution in [0.25, 0.3) is 0 Å². The van der Waals surface area contributed by atoms with Gasteiger partial charge in [-0.3, -0.25) is 0 Å². The first-order valence-corrected chi connectivity index (χ1v) is 5.67. The first kappa shape index (κ1) is 15.7. The summed E-state index contributed by atoms with van der Waals surface area (Å²) in [6.07, 6.45) is -4.45. The summed E-state index contributed by atoms with van der Waals surface area (Å²) in [7, 11) is 0. The molecule has 0 amide bonds. The van der Waals surface area contributed by atoms with Crippen molar-refractivity contribution in [2.24, 2.45) is 0 Å². The SMILES string of the molecule is CC(CF)Nc1nc(Cl)nc(N[C@H](C)C(F)(F)F)n1. The highest BCUT2D eigenvalue weighted by molar-refractivity contribution is 6.28. The van der Waals surface area contributed by atoms with Crippen LogP contribution in [0.1, 0.15) is 13.8 Å². The van der Waals surface area contributed by atoms with Crippen LogP contribution in [-0.2, 0) is 0 Å². The Kier molecular flexibility index (Phi) is 5.10. The van der Waals surface area contributed by atoms with Crippen LogP contribution in [0.2, 0.25) is 5.28 Å². The van der Waals surface area contributed by atoms with Gasteiger partial charge in [0.05, 0.1) is 6.04 Å². The van der Waals surface area contributed by atoms with Crippen molar-refractivity contribution in [2.75, 3.05) is 17.3 Å². The summed E-state index contributed by atoms with van der Waals surface area (Å²) >= 11 is 5.56. The number of halogens is 5. The van der Waals surface area contributed by atoms with E-state index in [1.165, 1.54) is 6.92 Å². The molecule has 10 heteroatoms. The summed E-state index contributed by atoms with van der Waals surface area (Å²) in [5.74, 6) is -0.430. The van der Waals surface area contributed by atoms with Crippen LogP contribution in [0.4, 0.5) is 29.5 Å². The molecule has 0 spiro atoms. The van der Waals surface area contributed by atoms with E-state index < -0.39 is 24.9 Å². The first-order valence-electron chi connectivity index (χ1n) is 5.29. The van der Waals surface area contributed by atoms with Crippen LogP contribution < -0.4 is 10.6 Å². The van der Waals surface area contributed by atoms with Gasteiger partial charge in [0.1, 0.15) is 12.7 Å². The fourth-order valence-corrected chi connectivity index (χ4v) is 1.17. The van der Waals surface area contributed by atoms with Gasteiger partial charge in [0.2, 0.25) is 17.2 Å². The van der Waals surface area contributed by atoms with Gasteiger partial charge in [-0.1, -0.05) is 0 Å². The maximum absolute atomic E-state index is 12.4. The third-order valence-electron chi connectivity index (χ3n) is 2.05. The average Bonchev–Trinajstić information content (AvgIpc) is 2.26. The highest BCUT2D eigenvalue weighted by Crippen LogP contribution is 2.22. The zero-order valence-corrected chi connectivity index (χ0v) is 10.8. The van der Waals surface area contributed by atoms with E-state index in [2.05, 4.69) is 20.3 Å². The minimum atomic E-state index is -4.45. The van der Waals surface area contributed by atoms with Gasteiger partial charge in [-0.05, 0) is 25.4 Å². The molecule has 0 saturated heterocycles. The molecule has 0 aliphatic rings.